The number of benzene rings is 2. The highest BCUT2D eigenvalue weighted by atomic mass is 16.2. The van der Waals surface area contributed by atoms with Gasteiger partial charge in [0.1, 0.15) is 0 Å². The molecule has 3 rings (SSSR count). The van der Waals surface area contributed by atoms with Crippen molar-refractivity contribution >= 4 is 34.8 Å². The Labute approximate surface area is 158 Å². The molecule has 0 aliphatic carbocycles. The maximum absolute atomic E-state index is 12.2. The summed E-state index contributed by atoms with van der Waals surface area (Å²) < 4.78 is 0. The van der Waals surface area contributed by atoms with E-state index in [2.05, 4.69) is 10.6 Å². The molecule has 6 heteroatoms. The molecule has 0 bridgehead atoms. The van der Waals surface area contributed by atoms with Gasteiger partial charge in [-0.1, -0.05) is 6.07 Å². The minimum absolute atomic E-state index is 0.114. The molecule has 1 fully saturated rings. The van der Waals surface area contributed by atoms with Crippen LogP contribution in [0.2, 0.25) is 0 Å². The summed E-state index contributed by atoms with van der Waals surface area (Å²) in [6, 6.07) is 10.9. The Morgan fingerprint density at radius 1 is 0.889 bits per heavy atom. The summed E-state index contributed by atoms with van der Waals surface area (Å²) >= 11 is 0. The van der Waals surface area contributed by atoms with E-state index in [0.29, 0.717) is 24.3 Å². The van der Waals surface area contributed by atoms with E-state index < -0.39 is 11.8 Å². The molecule has 3 amide bonds. The Morgan fingerprint density at radius 3 is 2.07 bits per heavy atom. The van der Waals surface area contributed by atoms with Crippen LogP contribution < -0.4 is 15.5 Å². The first-order valence-electron chi connectivity index (χ1n) is 8.95. The molecule has 0 radical (unpaired) electrons. The van der Waals surface area contributed by atoms with Crippen molar-refractivity contribution in [2.45, 2.75) is 33.6 Å². The van der Waals surface area contributed by atoms with Gasteiger partial charge in [-0.3, -0.25) is 14.4 Å². The molecule has 0 unspecified atom stereocenters. The maximum Gasteiger partial charge on any atom is 0.314 e. The normalized spacial score (nSPS) is 13.6. The van der Waals surface area contributed by atoms with Crippen LogP contribution >= 0.6 is 0 Å². The van der Waals surface area contributed by atoms with Gasteiger partial charge in [-0.05, 0) is 74.2 Å². The van der Waals surface area contributed by atoms with Gasteiger partial charge in [-0.25, -0.2) is 0 Å². The summed E-state index contributed by atoms with van der Waals surface area (Å²) in [5.41, 5.74) is 4.84. The molecule has 27 heavy (non-hydrogen) atoms. The van der Waals surface area contributed by atoms with E-state index in [0.717, 1.165) is 28.8 Å². The van der Waals surface area contributed by atoms with E-state index in [1.165, 1.54) is 0 Å². The lowest BCUT2D eigenvalue weighted by atomic mass is 10.1. The topological polar surface area (TPSA) is 78.5 Å². The number of carbonyl (C=O) groups excluding carboxylic acids is 3. The van der Waals surface area contributed by atoms with Crippen LogP contribution in [0.5, 0.6) is 0 Å². The number of nitrogens with zero attached hydrogens (tertiary/aromatic N) is 1. The molecule has 1 saturated heterocycles. The molecule has 2 aromatic rings. The van der Waals surface area contributed by atoms with Crippen LogP contribution in [0.15, 0.2) is 36.4 Å². The number of amides is 3. The number of anilines is 3. The second kappa shape index (κ2) is 7.61. The van der Waals surface area contributed by atoms with Gasteiger partial charge in [0, 0.05) is 30.0 Å². The second-order valence-corrected chi connectivity index (χ2v) is 6.93. The van der Waals surface area contributed by atoms with Crippen molar-refractivity contribution in [3.8, 4) is 0 Å². The first-order chi connectivity index (χ1) is 12.8. The smallest absolute Gasteiger partial charge is 0.314 e. The molecular formula is C21H23N3O3. The van der Waals surface area contributed by atoms with E-state index in [1.54, 1.807) is 23.1 Å². The van der Waals surface area contributed by atoms with Gasteiger partial charge in [0.15, 0.2) is 0 Å². The highest BCUT2D eigenvalue weighted by Gasteiger charge is 2.23. The van der Waals surface area contributed by atoms with Gasteiger partial charge in [0.05, 0.1) is 0 Å². The second-order valence-electron chi connectivity index (χ2n) is 6.93. The summed E-state index contributed by atoms with van der Waals surface area (Å²) in [5, 5.41) is 5.22. The lowest BCUT2D eigenvalue weighted by Gasteiger charge is -2.19. The van der Waals surface area contributed by atoms with Gasteiger partial charge in [-0.2, -0.15) is 0 Å². The quantitative estimate of drug-likeness (QED) is 0.819. The van der Waals surface area contributed by atoms with Crippen LogP contribution in [-0.2, 0) is 14.4 Å². The van der Waals surface area contributed by atoms with Crippen LogP contribution in [0, 0.1) is 20.8 Å². The number of nitrogens with one attached hydrogen (secondary N) is 2. The zero-order valence-corrected chi connectivity index (χ0v) is 15.8. The SMILES string of the molecule is Cc1cc(C)cc(NC(=O)C(=O)Nc2ccc(N3CCCC3=O)c(C)c2)c1. The molecule has 140 valence electrons. The lowest BCUT2D eigenvalue weighted by molar-refractivity contribution is -0.132. The number of aryl methyl sites for hydroxylation is 3. The van der Waals surface area contributed by atoms with Crippen LogP contribution in [-0.4, -0.2) is 24.3 Å². The van der Waals surface area contributed by atoms with E-state index >= 15 is 0 Å². The zero-order chi connectivity index (χ0) is 19.6. The maximum atomic E-state index is 12.2. The summed E-state index contributed by atoms with van der Waals surface area (Å²) in [4.78, 5) is 38.0. The summed E-state index contributed by atoms with van der Waals surface area (Å²) in [6.07, 6.45) is 1.42. The molecule has 1 heterocycles. The molecule has 0 atom stereocenters. The van der Waals surface area contributed by atoms with Crippen molar-refractivity contribution in [3.05, 3.63) is 53.1 Å². The van der Waals surface area contributed by atoms with E-state index in [4.69, 9.17) is 0 Å². The molecule has 0 saturated carbocycles. The molecule has 1 aliphatic rings. The molecule has 2 aromatic carbocycles. The van der Waals surface area contributed by atoms with Crippen LogP contribution in [0.4, 0.5) is 17.1 Å². The molecular weight excluding hydrogens is 342 g/mol. The van der Waals surface area contributed by atoms with Gasteiger partial charge >= 0.3 is 11.8 Å². The fourth-order valence-electron chi connectivity index (χ4n) is 3.36. The van der Waals surface area contributed by atoms with Crippen molar-refractivity contribution in [2.75, 3.05) is 22.1 Å². The van der Waals surface area contributed by atoms with E-state index in [-0.39, 0.29) is 5.91 Å². The van der Waals surface area contributed by atoms with Crippen LogP contribution in [0.1, 0.15) is 29.5 Å². The Bertz CT molecular complexity index is 901. The van der Waals surface area contributed by atoms with Crippen LogP contribution in [0.25, 0.3) is 0 Å². The monoisotopic (exact) mass is 365 g/mol. The van der Waals surface area contributed by atoms with E-state index in [1.807, 2.05) is 39.0 Å². The fraction of sp³-hybridized carbons (Fsp3) is 0.286. The van der Waals surface area contributed by atoms with E-state index in [9.17, 15) is 14.4 Å². The third kappa shape index (κ3) is 4.34. The highest BCUT2D eigenvalue weighted by Crippen LogP contribution is 2.27. The van der Waals surface area contributed by atoms with Crippen molar-refractivity contribution in [1.82, 2.24) is 0 Å². The van der Waals surface area contributed by atoms with Gasteiger partial charge in [-0.15, -0.1) is 0 Å². The molecule has 0 spiro atoms. The first-order valence-corrected chi connectivity index (χ1v) is 8.95. The third-order valence-corrected chi connectivity index (χ3v) is 4.50. The molecule has 2 N–H and O–H groups in total. The number of hydrogen-bond donors (Lipinski definition) is 2. The van der Waals surface area contributed by atoms with Gasteiger partial charge in [0.25, 0.3) is 0 Å². The number of rotatable bonds is 3. The Balaban J connectivity index is 1.67. The number of hydrogen-bond acceptors (Lipinski definition) is 3. The van der Waals surface area contributed by atoms with Gasteiger partial charge < -0.3 is 15.5 Å². The molecule has 1 aliphatic heterocycles. The average Bonchev–Trinajstić information content (AvgIpc) is 3.00. The largest absolute Gasteiger partial charge is 0.318 e. The summed E-state index contributed by atoms with van der Waals surface area (Å²) in [7, 11) is 0. The minimum atomic E-state index is -0.737. The Hall–Kier alpha value is -3.15. The Kier molecular flexibility index (Phi) is 5.26. The summed E-state index contributed by atoms with van der Waals surface area (Å²) in [5.74, 6) is -1.35. The molecule has 0 aromatic heterocycles. The average molecular weight is 365 g/mol. The van der Waals surface area contributed by atoms with Crippen molar-refractivity contribution in [1.29, 1.82) is 0 Å². The Morgan fingerprint density at radius 2 is 1.52 bits per heavy atom. The zero-order valence-electron chi connectivity index (χ0n) is 15.8. The van der Waals surface area contributed by atoms with Crippen molar-refractivity contribution < 1.29 is 14.4 Å². The molecule has 6 nitrogen and oxygen atoms in total. The minimum Gasteiger partial charge on any atom is -0.318 e. The lowest BCUT2D eigenvalue weighted by Crippen LogP contribution is -2.29. The first kappa shape index (κ1) is 18.6. The predicted octanol–water partition coefficient (Wildman–Crippen LogP) is 3.32. The van der Waals surface area contributed by atoms with Gasteiger partial charge in [0.2, 0.25) is 5.91 Å². The number of carbonyl (C=O) groups is 3. The third-order valence-electron chi connectivity index (χ3n) is 4.50. The standard InChI is InChI=1S/C21H23N3O3/c1-13-9-14(2)11-17(10-13)23-21(27)20(26)22-16-6-7-18(15(3)12-16)24-8-4-5-19(24)25/h6-7,9-12H,4-5,8H2,1-3H3,(H,22,26)(H,23,27). The van der Waals surface area contributed by atoms with Crippen molar-refractivity contribution in [3.63, 3.8) is 0 Å². The highest BCUT2D eigenvalue weighted by molar-refractivity contribution is 6.43. The predicted molar refractivity (Wildman–Crippen MR) is 106 cm³/mol. The van der Waals surface area contributed by atoms with Crippen LogP contribution in [0.3, 0.4) is 0 Å². The summed E-state index contributed by atoms with van der Waals surface area (Å²) in [6.45, 7) is 6.45. The van der Waals surface area contributed by atoms with Crippen molar-refractivity contribution in [2.24, 2.45) is 0 Å². The fourth-order valence-corrected chi connectivity index (χ4v) is 3.36.